The van der Waals surface area contributed by atoms with Crippen molar-refractivity contribution in [3.05, 3.63) is 85.1 Å². The molecule has 3 heterocycles. The van der Waals surface area contributed by atoms with Crippen LogP contribution in [0.25, 0.3) is 16.9 Å². The van der Waals surface area contributed by atoms with Gasteiger partial charge in [-0.1, -0.05) is 54.6 Å². The maximum absolute atomic E-state index is 12.9. The van der Waals surface area contributed by atoms with Crippen LogP contribution in [0, 0.1) is 0 Å². The van der Waals surface area contributed by atoms with Gasteiger partial charge in [-0.25, -0.2) is 4.98 Å². The Morgan fingerprint density at radius 2 is 1.52 bits per heavy atom. The van der Waals surface area contributed by atoms with Crippen molar-refractivity contribution in [3.8, 4) is 11.3 Å². The number of benzene rings is 2. The second-order valence-corrected chi connectivity index (χ2v) is 7.66. The van der Waals surface area contributed by atoms with Gasteiger partial charge in [0.25, 0.3) is 0 Å². The lowest BCUT2D eigenvalue weighted by Crippen LogP contribution is -2.50. The summed E-state index contributed by atoms with van der Waals surface area (Å²) < 4.78 is 2.00. The molecule has 6 heteroatoms. The molecule has 31 heavy (non-hydrogen) atoms. The summed E-state index contributed by atoms with van der Waals surface area (Å²) in [6.45, 7) is 3.40. The molecule has 2 aromatic carbocycles. The van der Waals surface area contributed by atoms with Crippen molar-refractivity contribution >= 4 is 23.1 Å². The summed E-state index contributed by atoms with van der Waals surface area (Å²) in [7, 11) is 0. The standard InChI is InChI=1S/C25H25N5O/c31-23(29-17-15-28(16-18-29)21-11-5-2-6-12-21)19-26-25-24(20-9-3-1-4-10-20)27-22-13-7-8-14-30(22)25/h1-14,26H,15-19H2. The van der Waals surface area contributed by atoms with Gasteiger partial charge < -0.3 is 15.1 Å². The lowest BCUT2D eigenvalue weighted by Gasteiger charge is -2.36. The summed E-state index contributed by atoms with van der Waals surface area (Å²) in [5.41, 5.74) is 3.95. The number of rotatable bonds is 5. The van der Waals surface area contributed by atoms with Crippen molar-refractivity contribution in [2.75, 3.05) is 42.9 Å². The predicted octanol–water partition coefficient (Wildman–Crippen LogP) is 3.76. The number of carbonyl (C=O) groups is 1. The first-order chi connectivity index (χ1) is 15.3. The van der Waals surface area contributed by atoms with Gasteiger partial charge in [0, 0.05) is 43.6 Å². The number of amides is 1. The number of carbonyl (C=O) groups excluding carboxylic acids is 1. The van der Waals surface area contributed by atoms with Gasteiger partial charge in [0.15, 0.2) is 0 Å². The van der Waals surface area contributed by atoms with Crippen molar-refractivity contribution < 1.29 is 4.79 Å². The number of fused-ring (bicyclic) bond motifs is 1. The SMILES string of the molecule is O=C(CNc1c(-c2ccccc2)nc2ccccn12)N1CCN(c2ccccc2)CC1. The summed E-state index contributed by atoms with van der Waals surface area (Å²) in [5.74, 6) is 0.954. The Labute approximate surface area is 181 Å². The van der Waals surface area contributed by atoms with Crippen molar-refractivity contribution in [3.63, 3.8) is 0 Å². The fourth-order valence-electron chi connectivity index (χ4n) is 4.09. The molecule has 0 bridgehead atoms. The molecule has 1 N–H and O–H groups in total. The van der Waals surface area contributed by atoms with Gasteiger partial charge in [-0.15, -0.1) is 0 Å². The van der Waals surface area contributed by atoms with E-state index in [0.717, 1.165) is 48.9 Å². The van der Waals surface area contributed by atoms with Crippen molar-refractivity contribution in [1.82, 2.24) is 14.3 Å². The topological polar surface area (TPSA) is 52.9 Å². The molecular formula is C25H25N5O. The van der Waals surface area contributed by atoms with Gasteiger partial charge in [-0.05, 0) is 24.3 Å². The van der Waals surface area contributed by atoms with Crippen LogP contribution in [0.5, 0.6) is 0 Å². The van der Waals surface area contributed by atoms with Crippen molar-refractivity contribution in [2.24, 2.45) is 0 Å². The lowest BCUT2D eigenvalue weighted by molar-refractivity contribution is -0.129. The zero-order valence-corrected chi connectivity index (χ0v) is 17.3. The number of piperazine rings is 1. The Hall–Kier alpha value is -3.80. The highest BCUT2D eigenvalue weighted by Gasteiger charge is 2.22. The molecule has 156 valence electrons. The van der Waals surface area contributed by atoms with Crippen LogP contribution in [0.15, 0.2) is 85.1 Å². The summed E-state index contributed by atoms with van der Waals surface area (Å²) >= 11 is 0. The van der Waals surface area contributed by atoms with E-state index >= 15 is 0 Å². The maximum Gasteiger partial charge on any atom is 0.242 e. The molecular weight excluding hydrogens is 386 g/mol. The molecule has 4 aromatic rings. The minimum absolute atomic E-state index is 0.109. The van der Waals surface area contributed by atoms with E-state index in [2.05, 4.69) is 34.5 Å². The second-order valence-electron chi connectivity index (χ2n) is 7.66. The van der Waals surface area contributed by atoms with Crippen LogP contribution < -0.4 is 10.2 Å². The zero-order chi connectivity index (χ0) is 21.0. The molecule has 1 fully saturated rings. The van der Waals surface area contributed by atoms with Gasteiger partial charge in [0.2, 0.25) is 5.91 Å². The molecule has 2 aromatic heterocycles. The van der Waals surface area contributed by atoms with Crippen LogP contribution in [-0.2, 0) is 4.79 Å². The third kappa shape index (κ3) is 3.97. The molecule has 6 nitrogen and oxygen atoms in total. The van der Waals surface area contributed by atoms with Gasteiger partial charge in [0.1, 0.15) is 17.2 Å². The number of nitrogens with one attached hydrogen (secondary N) is 1. The van der Waals surface area contributed by atoms with Crippen LogP contribution in [0.1, 0.15) is 0 Å². The summed E-state index contributed by atoms with van der Waals surface area (Å²) in [5, 5.41) is 3.37. The van der Waals surface area contributed by atoms with Crippen LogP contribution in [0.3, 0.4) is 0 Å². The lowest BCUT2D eigenvalue weighted by atomic mass is 10.1. The van der Waals surface area contributed by atoms with Crippen LogP contribution >= 0.6 is 0 Å². The Morgan fingerprint density at radius 1 is 0.839 bits per heavy atom. The van der Waals surface area contributed by atoms with Crippen molar-refractivity contribution in [2.45, 2.75) is 0 Å². The number of hydrogen-bond acceptors (Lipinski definition) is 4. The third-order valence-electron chi connectivity index (χ3n) is 5.74. The quantitative estimate of drug-likeness (QED) is 0.543. The largest absolute Gasteiger partial charge is 0.368 e. The van der Waals surface area contributed by atoms with Crippen LogP contribution in [0.2, 0.25) is 0 Å². The van der Waals surface area contributed by atoms with E-state index in [9.17, 15) is 4.79 Å². The third-order valence-corrected chi connectivity index (χ3v) is 5.74. The van der Waals surface area contributed by atoms with E-state index in [1.807, 2.05) is 70.1 Å². The average Bonchev–Trinajstić information content (AvgIpc) is 3.22. The number of para-hydroxylation sites is 1. The fourth-order valence-corrected chi connectivity index (χ4v) is 4.09. The molecule has 1 saturated heterocycles. The summed E-state index contributed by atoms with van der Waals surface area (Å²) in [6, 6.07) is 26.4. The predicted molar refractivity (Wildman–Crippen MR) is 124 cm³/mol. The van der Waals surface area contributed by atoms with Gasteiger partial charge in [0.05, 0.1) is 6.54 Å². The Balaban J connectivity index is 1.29. The Morgan fingerprint density at radius 3 is 2.26 bits per heavy atom. The Bertz CT molecular complexity index is 1160. The molecule has 0 spiro atoms. The minimum atomic E-state index is 0.109. The van der Waals surface area contributed by atoms with E-state index in [4.69, 9.17) is 4.98 Å². The fraction of sp³-hybridized carbons (Fsp3) is 0.200. The number of nitrogens with zero attached hydrogens (tertiary/aromatic N) is 4. The molecule has 1 amide bonds. The van der Waals surface area contributed by atoms with Gasteiger partial charge >= 0.3 is 0 Å². The molecule has 0 unspecified atom stereocenters. The summed E-state index contributed by atoms with van der Waals surface area (Å²) in [4.78, 5) is 22.0. The molecule has 0 saturated carbocycles. The van der Waals surface area contributed by atoms with E-state index in [1.165, 1.54) is 5.69 Å². The van der Waals surface area contributed by atoms with E-state index in [0.29, 0.717) is 0 Å². The first kappa shape index (κ1) is 19.2. The molecule has 0 radical (unpaired) electrons. The Kier molecular flexibility index (Phi) is 5.27. The highest BCUT2D eigenvalue weighted by Crippen LogP contribution is 2.28. The molecule has 1 aliphatic rings. The van der Waals surface area contributed by atoms with E-state index in [1.54, 1.807) is 0 Å². The van der Waals surface area contributed by atoms with E-state index in [-0.39, 0.29) is 12.5 Å². The zero-order valence-electron chi connectivity index (χ0n) is 17.3. The molecule has 1 aliphatic heterocycles. The highest BCUT2D eigenvalue weighted by molar-refractivity contribution is 5.84. The van der Waals surface area contributed by atoms with Crippen molar-refractivity contribution in [1.29, 1.82) is 0 Å². The first-order valence-electron chi connectivity index (χ1n) is 10.6. The van der Waals surface area contributed by atoms with E-state index < -0.39 is 0 Å². The highest BCUT2D eigenvalue weighted by atomic mass is 16.2. The average molecular weight is 412 g/mol. The maximum atomic E-state index is 12.9. The van der Waals surface area contributed by atoms with Crippen LogP contribution in [0.4, 0.5) is 11.5 Å². The number of aromatic nitrogens is 2. The first-order valence-corrected chi connectivity index (χ1v) is 10.6. The second kappa shape index (κ2) is 8.52. The number of hydrogen-bond donors (Lipinski definition) is 1. The monoisotopic (exact) mass is 411 g/mol. The smallest absolute Gasteiger partial charge is 0.242 e. The van der Waals surface area contributed by atoms with Gasteiger partial charge in [-0.3, -0.25) is 9.20 Å². The number of pyridine rings is 1. The number of anilines is 2. The van der Waals surface area contributed by atoms with Gasteiger partial charge in [-0.2, -0.15) is 0 Å². The minimum Gasteiger partial charge on any atom is -0.368 e. The summed E-state index contributed by atoms with van der Waals surface area (Å²) in [6.07, 6.45) is 1.97. The molecule has 0 aliphatic carbocycles. The molecule has 0 atom stereocenters. The number of imidazole rings is 1. The molecule has 5 rings (SSSR count). The normalized spacial score (nSPS) is 14.1. The van der Waals surface area contributed by atoms with Crippen LogP contribution in [-0.4, -0.2) is 52.9 Å².